The van der Waals surface area contributed by atoms with Crippen molar-refractivity contribution in [3.05, 3.63) is 64.5 Å². The van der Waals surface area contributed by atoms with Gasteiger partial charge in [0.1, 0.15) is 5.78 Å². The predicted octanol–water partition coefficient (Wildman–Crippen LogP) is 2.33. The number of hydrogen-bond acceptors (Lipinski definition) is 6. The average molecular weight is 393 g/mol. The number of aromatic nitrogens is 1. The molecule has 1 saturated heterocycles. The number of aliphatic hydroxyl groups is 1. The number of carbonyl (C=O) groups is 1. The Kier molecular flexibility index (Phi) is 5.74. The first-order valence-corrected chi connectivity index (χ1v) is 10.1. The Morgan fingerprint density at radius 2 is 2.07 bits per heavy atom. The number of aliphatic hydroxyl groups excluding tert-OH is 1. The van der Waals surface area contributed by atoms with E-state index in [-0.39, 0.29) is 18.8 Å². The number of likely N-dealkylation sites (N-methyl/N-ethyl adjacent to an activating group) is 1. The summed E-state index contributed by atoms with van der Waals surface area (Å²) in [5, 5.41) is 9.73. The van der Waals surface area contributed by atoms with Crippen LogP contribution in [0.15, 0.2) is 41.4 Å². The van der Waals surface area contributed by atoms with Gasteiger partial charge >= 0.3 is 0 Å². The maximum atomic E-state index is 12.9. The number of hydrogen-bond donors (Lipinski definition) is 1. The lowest BCUT2D eigenvalue weighted by molar-refractivity contribution is -0.119. The molecule has 1 N–H and O–H groups in total. The Hall–Kier alpha value is -2.57. The number of aliphatic imine (C=N–C) groups is 1. The van der Waals surface area contributed by atoms with Crippen molar-refractivity contribution in [2.45, 2.75) is 31.9 Å². The van der Waals surface area contributed by atoms with Gasteiger partial charge in [-0.1, -0.05) is 30.3 Å². The Bertz CT molecular complexity index is 926. The van der Waals surface area contributed by atoms with E-state index in [1.807, 2.05) is 12.1 Å². The monoisotopic (exact) mass is 393 g/mol. The Morgan fingerprint density at radius 3 is 2.79 bits per heavy atom. The standard InChI is InChI=1S/C23H27N3O3/c1-26-12-17(20(13-26)15-6-4-3-5-7-15)9-19(28)10-18-8-16-11-24-23(29-2)22(16)21(14-27)25-18/h3-8,17,20,27H,9-14H2,1-2H3/t17-,20+/m1/s1. The molecule has 1 fully saturated rings. The summed E-state index contributed by atoms with van der Waals surface area (Å²) in [6.07, 6.45) is 0.821. The lowest BCUT2D eigenvalue weighted by Crippen LogP contribution is -2.18. The fraction of sp³-hybridized carbons (Fsp3) is 0.435. The van der Waals surface area contributed by atoms with E-state index in [1.165, 1.54) is 5.56 Å². The van der Waals surface area contributed by atoms with Crippen LogP contribution in [-0.4, -0.2) is 53.9 Å². The topological polar surface area (TPSA) is 75.0 Å². The van der Waals surface area contributed by atoms with Gasteiger partial charge in [-0.2, -0.15) is 0 Å². The molecule has 2 aromatic rings. The molecule has 29 heavy (non-hydrogen) atoms. The Labute approximate surface area is 171 Å². The summed E-state index contributed by atoms with van der Waals surface area (Å²) in [6.45, 7) is 2.20. The van der Waals surface area contributed by atoms with Crippen LogP contribution in [0.25, 0.3) is 0 Å². The van der Waals surface area contributed by atoms with Crippen molar-refractivity contribution < 1.29 is 14.6 Å². The van der Waals surface area contributed by atoms with Crippen LogP contribution in [-0.2, 0) is 29.1 Å². The van der Waals surface area contributed by atoms with Gasteiger partial charge in [-0.05, 0) is 30.2 Å². The van der Waals surface area contributed by atoms with E-state index in [9.17, 15) is 9.90 Å². The van der Waals surface area contributed by atoms with Crippen molar-refractivity contribution in [3.63, 3.8) is 0 Å². The van der Waals surface area contributed by atoms with E-state index in [1.54, 1.807) is 7.11 Å². The number of nitrogens with zero attached hydrogens (tertiary/aromatic N) is 3. The molecule has 1 aromatic carbocycles. The second-order valence-corrected chi connectivity index (χ2v) is 8.00. The van der Waals surface area contributed by atoms with Gasteiger partial charge in [-0.15, -0.1) is 0 Å². The molecular weight excluding hydrogens is 366 g/mol. The molecule has 2 atom stereocenters. The highest BCUT2D eigenvalue weighted by molar-refractivity contribution is 5.98. The number of carbonyl (C=O) groups excluding carboxylic acids is 1. The summed E-state index contributed by atoms with van der Waals surface area (Å²) >= 11 is 0. The zero-order valence-electron chi connectivity index (χ0n) is 17.0. The largest absolute Gasteiger partial charge is 0.481 e. The highest BCUT2D eigenvalue weighted by atomic mass is 16.5. The van der Waals surface area contributed by atoms with Gasteiger partial charge in [0.05, 0.1) is 31.5 Å². The molecule has 2 aliphatic rings. The van der Waals surface area contributed by atoms with Gasteiger partial charge in [0.15, 0.2) is 0 Å². The molecule has 0 spiro atoms. The number of methoxy groups -OCH3 is 1. The first-order chi connectivity index (χ1) is 14.1. The third kappa shape index (κ3) is 4.09. The maximum Gasteiger partial charge on any atom is 0.218 e. The maximum absolute atomic E-state index is 12.9. The molecule has 2 aliphatic heterocycles. The van der Waals surface area contributed by atoms with Crippen molar-refractivity contribution >= 4 is 11.7 Å². The molecular formula is C23H27N3O3. The lowest BCUT2D eigenvalue weighted by atomic mass is 9.85. The summed E-state index contributed by atoms with van der Waals surface area (Å²) in [6, 6.07) is 12.4. The molecule has 0 unspecified atom stereocenters. The van der Waals surface area contributed by atoms with E-state index in [0.717, 1.165) is 24.2 Å². The van der Waals surface area contributed by atoms with Crippen LogP contribution in [0.5, 0.6) is 0 Å². The molecule has 152 valence electrons. The van der Waals surface area contributed by atoms with Crippen LogP contribution in [0.1, 0.15) is 40.4 Å². The van der Waals surface area contributed by atoms with E-state index < -0.39 is 0 Å². The minimum absolute atomic E-state index is 0.188. The highest BCUT2D eigenvalue weighted by Crippen LogP contribution is 2.34. The number of fused-ring (bicyclic) bond motifs is 1. The fourth-order valence-corrected chi connectivity index (χ4v) is 4.65. The van der Waals surface area contributed by atoms with Gasteiger partial charge < -0.3 is 14.7 Å². The van der Waals surface area contributed by atoms with Crippen LogP contribution in [0.4, 0.5) is 0 Å². The molecule has 4 rings (SSSR count). The summed E-state index contributed by atoms with van der Waals surface area (Å²) < 4.78 is 5.28. The number of Topliss-reactive ketones (excluding diaryl/α,β-unsaturated/α-hetero) is 1. The van der Waals surface area contributed by atoms with Crippen LogP contribution in [0.3, 0.4) is 0 Å². The highest BCUT2D eigenvalue weighted by Gasteiger charge is 2.33. The molecule has 0 radical (unpaired) electrons. The van der Waals surface area contributed by atoms with Crippen molar-refractivity contribution in [3.8, 4) is 0 Å². The molecule has 0 aliphatic carbocycles. The van der Waals surface area contributed by atoms with Crippen LogP contribution in [0.2, 0.25) is 0 Å². The van der Waals surface area contributed by atoms with Crippen molar-refractivity contribution in [1.82, 2.24) is 9.88 Å². The van der Waals surface area contributed by atoms with E-state index in [2.05, 4.69) is 46.2 Å². The normalized spacial score (nSPS) is 21.1. The number of pyridine rings is 1. The zero-order valence-corrected chi connectivity index (χ0v) is 17.0. The van der Waals surface area contributed by atoms with Gasteiger partial charge in [-0.25, -0.2) is 4.99 Å². The number of rotatable bonds is 6. The second kappa shape index (κ2) is 8.43. The van der Waals surface area contributed by atoms with Gasteiger partial charge in [0, 0.05) is 37.5 Å². The summed E-state index contributed by atoms with van der Waals surface area (Å²) in [4.78, 5) is 24.1. The first kappa shape index (κ1) is 19.7. The second-order valence-electron chi connectivity index (χ2n) is 8.00. The number of likely N-dealkylation sites (tertiary alicyclic amines) is 1. The first-order valence-electron chi connectivity index (χ1n) is 10.1. The quantitative estimate of drug-likeness (QED) is 0.815. The number of ether oxygens (including phenoxy) is 1. The number of benzene rings is 1. The van der Waals surface area contributed by atoms with Crippen LogP contribution in [0, 0.1) is 5.92 Å². The smallest absolute Gasteiger partial charge is 0.218 e. The van der Waals surface area contributed by atoms with Crippen molar-refractivity contribution in [2.24, 2.45) is 10.9 Å². The van der Waals surface area contributed by atoms with Gasteiger partial charge in [-0.3, -0.25) is 9.78 Å². The van der Waals surface area contributed by atoms with Gasteiger partial charge in [0.25, 0.3) is 0 Å². The third-order valence-corrected chi connectivity index (χ3v) is 5.90. The molecule has 0 saturated carbocycles. The third-order valence-electron chi connectivity index (χ3n) is 5.90. The zero-order chi connectivity index (χ0) is 20.4. The molecule has 6 heteroatoms. The minimum atomic E-state index is -0.198. The van der Waals surface area contributed by atoms with Crippen LogP contribution < -0.4 is 0 Å². The summed E-state index contributed by atoms with van der Waals surface area (Å²) in [5.74, 6) is 1.39. The van der Waals surface area contributed by atoms with Crippen LogP contribution >= 0.6 is 0 Å². The van der Waals surface area contributed by atoms with E-state index in [4.69, 9.17) is 4.74 Å². The Morgan fingerprint density at radius 1 is 1.28 bits per heavy atom. The van der Waals surface area contributed by atoms with Crippen molar-refractivity contribution in [2.75, 3.05) is 27.2 Å². The average Bonchev–Trinajstić information content (AvgIpc) is 3.30. The molecule has 6 nitrogen and oxygen atoms in total. The minimum Gasteiger partial charge on any atom is -0.481 e. The SMILES string of the molecule is COC1=NCc2cc(CC(=O)C[C@@H]3CN(C)C[C@H]3c3ccccc3)nc(CO)c21. The summed E-state index contributed by atoms with van der Waals surface area (Å²) in [5.41, 5.74) is 4.27. The summed E-state index contributed by atoms with van der Waals surface area (Å²) in [7, 11) is 3.68. The van der Waals surface area contributed by atoms with Crippen molar-refractivity contribution in [1.29, 1.82) is 0 Å². The molecule has 1 aromatic heterocycles. The van der Waals surface area contributed by atoms with E-state index in [0.29, 0.717) is 42.1 Å². The molecule has 0 bridgehead atoms. The Balaban J connectivity index is 1.47. The predicted molar refractivity (Wildman–Crippen MR) is 111 cm³/mol. The fourth-order valence-electron chi connectivity index (χ4n) is 4.65. The molecule has 3 heterocycles. The number of ketones is 1. The van der Waals surface area contributed by atoms with Gasteiger partial charge in [0.2, 0.25) is 5.90 Å². The van der Waals surface area contributed by atoms with E-state index >= 15 is 0 Å². The molecule has 0 amide bonds. The lowest BCUT2D eigenvalue weighted by Gasteiger charge is -2.18.